The van der Waals surface area contributed by atoms with E-state index in [4.69, 9.17) is 0 Å². The first kappa shape index (κ1) is 12.7. The Morgan fingerprint density at radius 2 is 1.94 bits per heavy atom. The maximum Gasteiger partial charge on any atom is 0.238 e. The quantitative estimate of drug-likeness (QED) is 0.799. The highest BCUT2D eigenvalue weighted by Crippen LogP contribution is 2.20. The number of anilines is 1. The van der Waals surface area contributed by atoms with Crippen LogP contribution in [-0.4, -0.2) is 19.5 Å². The number of amides is 1. The Labute approximate surface area is 97.2 Å². The molecule has 3 nitrogen and oxygen atoms in total. The Hall–Kier alpha value is -1.35. The van der Waals surface area contributed by atoms with Crippen LogP contribution in [0, 0.1) is 0 Å². The zero-order valence-electron chi connectivity index (χ0n) is 10.2. The van der Waals surface area contributed by atoms with Gasteiger partial charge in [-0.1, -0.05) is 26.0 Å². The summed E-state index contributed by atoms with van der Waals surface area (Å²) in [6, 6.07) is 8.05. The van der Waals surface area contributed by atoms with E-state index in [0.29, 0.717) is 12.5 Å². The second-order valence-electron chi connectivity index (χ2n) is 4.01. The van der Waals surface area contributed by atoms with E-state index in [1.807, 2.05) is 12.1 Å². The molecular formula is C13H20N2O. The van der Waals surface area contributed by atoms with Crippen molar-refractivity contribution in [3.05, 3.63) is 29.8 Å². The summed E-state index contributed by atoms with van der Waals surface area (Å²) in [5.41, 5.74) is 2.17. The monoisotopic (exact) mass is 220 g/mol. The number of nitrogens with one attached hydrogen (secondary N) is 2. The fourth-order valence-corrected chi connectivity index (χ4v) is 1.50. The van der Waals surface area contributed by atoms with E-state index in [1.165, 1.54) is 5.56 Å². The van der Waals surface area contributed by atoms with Gasteiger partial charge >= 0.3 is 0 Å². The molecule has 0 spiro atoms. The van der Waals surface area contributed by atoms with Crippen LogP contribution in [0.25, 0.3) is 0 Å². The second kappa shape index (κ2) is 6.28. The molecule has 0 aliphatic heterocycles. The van der Waals surface area contributed by atoms with E-state index >= 15 is 0 Å². The van der Waals surface area contributed by atoms with Gasteiger partial charge in [0.25, 0.3) is 0 Å². The van der Waals surface area contributed by atoms with Crippen LogP contribution in [0.4, 0.5) is 5.69 Å². The third-order valence-electron chi connectivity index (χ3n) is 2.71. The van der Waals surface area contributed by atoms with Gasteiger partial charge < -0.3 is 10.6 Å². The molecule has 1 amide bonds. The number of carbonyl (C=O) groups is 1. The molecule has 3 heteroatoms. The fraction of sp³-hybridized carbons (Fsp3) is 0.462. The van der Waals surface area contributed by atoms with Gasteiger partial charge in [-0.25, -0.2) is 0 Å². The van der Waals surface area contributed by atoms with Crippen LogP contribution in [0.5, 0.6) is 0 Å². The SMILES string of the molecule is CCC(C)c1ccc(NC(=O)CNC)cc1. The highest BCUT2D eigenvalue weighted by atomic mass is 16.1. The highest BCUT2D eigenvalue weighted by Gasteiger charge is 2.03. The molecule has 1 aromatic rings. The van der Waals surface area contributed by atoms with Crippen molar-refractivity contribution < 1.29 is 4.79 Å². The van der Waals surface area contributed by atoms with Crippen molar-refractivity contribution in [3.63, 3.8) is 0 Å². The average Bonchev–Trinajstić information content (AvgIpc) is 2.29. The van der Waals surface area contributed by atoms with E-state index in [9.17, 15) is 4.79 Å². The van der Waals surface area contributed by atoms with Crippen molar-refractivity contribution in [1.82, 2.24) is 5.32 Å². The minimum Gasteiger partial charge on any atom is -0.325 e. The van der Waals surface area contributed by atoms with Gasteiger partial charge in [0, 0.05) is 5.69 Å². The number of hydrogen-bond donors (Lipinski definition) is 2. The first-order chi connectivity index (χ1) is 7.67. The molecule has 0 saturated heterocycles. The van der Waals surface area contributed by atoms with E-state index in [1.54, 1.807) is 7.05 Å². The van der Waals surface area contributed by atoms with Crippen LogP contribution in [-0.2, 0) is 4.79 Å². The van der Waals surface area contributed by atoms with E-state index in [-0.39, 0.29) is 5.91 Å². The van der Waals surface area contributed by atoms with Crippen LogP contribution in [0.15, 0.2) is 24.3 Å². The molecule has 0 aliphatic rings. The lowest BCUT2D eigenvalue weighted by Crippen LogP contribution is -2.24. The molecule has 0 radical (unpaired) electrons. The van der Waals surface area contributed by atoms with Crippen LogP contribution in [0.3, 0.4) is 0 Å². The van der Waals surface area contributed by atoms with Crippen molar-refractivity contribution in [1.29, 1.82) is 0 Å². The summed E-state index contributed by atoms with van der Waals surface area (Å²) in [6.07, 6.45) is 1.13. The molecule has 0 bridgehead atoms. The predicted octanol–water partition coefficient (Wildman–Crippen LogP) is 2.36. The van der Waals surface area contributed by atoms with Gasteiger partial charge in [0.1, 0.15) is 0 Å². The molecule has 1 atom stereocenters. The predicted molar refractivity (Wildman–Crippen MR) is 67.7 cm³/mol. The molecule has 2 N–H and O–H groups in total. The van der Waals surface area contributed by atoms with Crippen LogP contribution >= 0.6 is 0 Å². The van der Waals surface area contributed by atoms with Crippen molar-refractivity contribution in [2.75, 3.05) is 18.9 Å². The van der Waals surface area contributed by atoms with Crippen LogP contribution in [0.2, 0.25) is 0 Å². The Balaban J connectivity index is 2.61. The number of rotatable bonds is 5. The molecule has 0 fully saturated rings. The van der Waals surface area contributed by atoms with Crippen LogP contribution < -0.4 is 10.6 Å². The zero-order valence-corrected chi connectivity index (χ0v) is 10.2. The smallest absolute Gasteiger partial charge is 0.238 e. The van der Waals surface area contributed by atoms with Gasteiger partial charge in [-0.2, -0.15) is 0 Å². The Morgan fingerprint density at radius 1 is 1.31 bits per heavy atom. The minimum atomic E-state index is -0.0150. The summed E-state index contributed by atoms with van der Waals surface area (Å²) in [4.78, 5) is 11.3. The first-order valence-electron chi connectivity index (χ1n) is 5.71. The van der Waals surface area contributed by atoms with Crippen molar-refractivity contribution in [2.45, 2.75) is 26.2 Å². The van der Waals surface area contributed by atoms with Crippen molar-refractivity contribution >= 4 is 11.6 Å². The van der Waals surface area contributed by atoms with E-state index in [0.717, 1.165) is 12.1 Å². The number of benzene rings is 1. The molecule has 0 aromatic heterocycles. The number of carbonyl (C=O) groups excluding carboxylic acids is 1. The highest BCUT2D eigenvalue weighted by molar-refractivity contribution is 5.92. The van der Waals surface area contributed by atoms with Gasteiger partial charge in [0.15, 0.2) is 0 Å². The molecule has 16 heavy (non-hydrogen) atoms. The molecule has 0 heterocycles. The normalized spacial score (nSPS) is 12.2. The molecule has 1 rings (SSSR count). The fourth-order valence-electron chi connectivity index (χ4n) is 1.50. The zero-order chi connectivity index (χ0) is 12.0. The molecule has 0 saturated carbocycles. The van der Waals surface area contributed by atoms with Gasteiger partial charge in [0.05, 0.1) is 6.54 Å². The largest absolute Gasteiger partial charge is 0.325 e. The number of likely N-dealkylation sites (N-methyl/N-ethyl adjacent to an activating group) is 1. The minimum absolute atomic E-state index is 0.0150. The maximum absolute atomic E-state index is 11.3. The topological polar surface area (TPSA) is 41.1 Å². The first-order valence-corrected chi connectivity index (χ1v) is 5.71. The standard InChI is InChI=1S/C13H20N2O/c1-4-10(2)11-5-7-12(8-6-11)15-13(16)9-14-3/h5-8,10,14H,4,9H2,1-3H3,(H,15,16). The third kappa shape index (κ3) is 3.66. The van der Waals surface area contributed by atoms with Crippen LogP contribution in [0.1, 0.15) is 31.7 Å². The molecule has 88 valence electrons. The third-order valence-corrected chi connectivity index (χ3v) is 2.71. The van der Waals surface area contributed by atoms with Gasteiger partial charge in [-0.3, -0.25) is 4.79 Å². The molecule has 1 aromatic carbocycles. The van der Waals surface area contributed by atoms with E-state index < -0.39 is 0 Å². The van der Waals surface area contributed by atoms with Crippen molar-refractivity contribution in [2.24, 2.45) is 0 Å². The van der Waals surface area contributed by atoms with Gasteiger partial charge in [-0.15, -0.1) is 0 Å². The lowest BCUT2D eigenvalue weighted by atomic mass is 9.99. The van der Waals surface area contributed by atoms with Gasteiger partial charge in [0.2, 0.25) is 5.91 Å². The van der Waals surface area contributed by atoms with Crippen molar-refractivity contribution in [3.8, 4) is 0 Å². The van der Waals surface area contributed by atoms with Gasteiger partial charge in [-0.05, 0) is 37.1 Å². The summed E-state index contributed by atoms with van der Waals surface area (Å²) in [5, 5.41) is 5.64. The molecule has 1 unspecified atom stereocenters. The summed E-state index contributed by atoms with van der Waals surface area (Å²) in [7, 11) is 1.76. The average molecular weight is 220 g/mol. The summed E-state index contributed by atoms with van der Waals surface area (Å²) < 4.78 is 0. The Morgan fingerprint density at radius 3 is 2.44 bits per heavy atom. The second-order valence-corrected chi connectivity index (χ2v) is 4.01. The Kier molecular flexibility index (Phi) is 4.99. The Bertz CT molecular complexity index is 332. The summed E-state index contributed by atoms with van der Waals surface area (Å²) in [6.45, 7) is 4.72. The maximum atomic E-state index is 11.3. The molecular weight excluding hydrogens is 200 g/mol. The molecule has 0 aliphatic carbocycles. The summed E-state index contributed by atoms with van der Waals surface area (Å²) >= 11 is 0. The lowest BCUT2D eigenvalue weighted by Gasteiger charge is -2.10. The number of hydrogen-bond acceptors (Lipinski definition) is 2. The van der Waals surface area contributed by atoms with E-state index in [2.05, 4.69) is 36.6 Å². The lowest BCUT2D eigenvalue weighted by molar-refractivity contribution is -0.115. The summed E-state index contributed by atoms with van der Waals surface area (Å²) in [5.74, 6) is 0.556.